The summed E-state index contributed by atoms with van der Waals surface area (Å²) in [6, 6.07) is 9.74. The predicted molar refractivity (Wildman–Crippen MR) is 120 cm³/mol. The summed E-state index contributed by atoms with van der Waals surface area (Å²) in [5.41, 5.74) is 1.40. The van der Waals surface area contributed by atoms with E-state index in [1.165, 1.54) is 42.5 Å². The van der Waals surface area contributed by atoms with E-state index in [0.29, 0.717) is 18.3 Å². The number of alkyl halides is 2. The maximum atomic E-state index is 13.0. The molecule has 2 aromatic carbocycles. The number of hydrogen-bond donors (Lipinski definition) is 3. The van der Waals surface area contributed by atoms with E-state index in [1.54, 1.807) is 0 Å². The van der Waals surface area contributed by atoms with Gasteiger partial charge in [-0.05, 0) is 37.6 Å². The van der Waals surface area contributed by atoms with Crippen molar-refractivity contribution in [3.8, 4) is 17.2 Å². The summed E-state index contributed by atoms with van der Waals surface area (Å²) in [6.45, 7) is 1.73. The lowest BCUT2D eigenvalue weighted by Gasteiger charge is -2.26. The number of carboxylic acid groups (broad SMARTS) is 1. The summed E-state index contributed by atoms with van der Waals surface area (Å²) in [5, 5.41) is 14.5. The lowest BCUT2D eigenvalue weighted by Crippen LogP contribution is -2.46. The van der Waals surface area contributed by atoms with E-state index in [9.17, 15) is 23.2 Å². The molecule has 0 bridgehead atoms. The molecule has 1 amide bonds. The average Bonchev–Trinajstić information content (AvgIpc) is 3.35. The molecule has 0 radical (unpaired) electrons. The topological polar surface area (TPSA) is 123 Å². The minimum absolute atomic E-state index is 0.0686. The minimum atomic E-state index is -3.67. The molecule has 9 nitrogen and oxygen atoms in total. The first-order chi connectivity index (χ1) is 16.5. The third-order valence-electron chi connectivity index (χ3n) is 5.18. The Morgan fingerprint density at radius 2 is 1.83 bits per heavy atom. The van der Waals surface area contributed by atoms with Gasteiger partial charge in [0.25, 0.3) is 5.91 Å². The number of ether oxygens (including phenoxy) is 3. The van der Waals surface area contributed by atoms with Gasteiger partial charge in [0.2, 0.25) is 0 Å². The van der Waals surface area contributed by atoms with Gasteiger partial charge in [-0.25, -0.2) is 4.79 Å². The number of rotatable bonds is 7. The Hall–Kier alpha value is -4.15. The first-order valence-electron chi connectivity index (χ1n) is 10.5. The zero-order valence-corrected chi connectivity index (χ0v) is 19.0. The Morgan fingerprint density at radius 3 is 2.43 bits per heavy atom. The fourth-order valence-corrected chi connectivity index (χ4v) is 3.44. The van der Waals surface area contributed by atoms with Crippen LogP contribution in [0.4, 0.5) is 8.78 Å². The van der Waals surface area contributed by atoms with Crippen molar-refractivity contribution < 1.29 is 42.5 Å². The van der Waals surface area contributed by atoms with Gasteiger partial charge in [0, 0.05) is 36.3 Å². The number of aromatic carboxylic acids is 1. The van der Waals surface area contributed by atoms with E-state index in [1.807, 2.05) is 20.0 Å². The van der Waals surface area contributed by atoms with Crippen molar-refractivity contribution in [3.63, 3.8) is 0 Å². The smallest absolute Gasteiger partial charge is 0.484 e. The summed E-state index contributed by atoms with van der Waals surface area (Å²) in [5.74, 6) is -1.21. The zero-order valence-electron chi connectivity index (χ0n) is 19.0. The zero-order chi connectivity index (χ0) is 25.6. The van der Waals surface area contributed by atoms with Gasteiger partial charge in [-0.3, -0.25) is 9.59 Å². The van der Waals surface area contributed by atoms with Crippen molar-refractivity contribution >= 4 is 18.2 Å². The number of fused-ring (bicyclic) bond motifs is 1. The summed E-state index contributed by atoms with van der Waals surface area (Å²) in [6.07, 6.45) is 0.487. The number of carbonyl (C=O) groups excluding carboxylic acids is 2. The van der Waals surface area contributed by atoms with Crippen LogP contribution in [0.3, 0.4) is 0 Å². The van der Waals surface area contributed by atoms with E-state index >= 15 is 0 Å². The number of amides is 1. The summed E-state index contributed by atoms with van der Waals surface area (Å²) < 4.78 is 39.9. The molecule has 1 heterocycles. The van der Waals surface area contributed by atoms with Crippen LogP contribution in [0.1, 0.15) is 40.5 Å². The second kappa shape index (κ2) is 10.4. The van der Waals surface area contributed by atoms with Gasteiger partial charge in [-0.15, -0.1) is 8.78 Å². The van der Waals surface area contributed by atoms with Gasteiger partial charge < -0.3 is 30.0 Å². The number of carbonyl (C=O) groups is 3. The molecule has 35 heavy (non-hydrogen) atoms. The van der Waals surface area contributed by atoms with Gasteiger partial charge in [0.05, 0.1) is 5.56 Å². The lowest BCUT2D eigenvalue weighted by molar-refractivity contribution is -0.286. The highest BCUT2D eigenvalue weighted by Crippen LogP contribution is 2.42. The molecule has 11 heteroatoms. The van der Waals surface area contributed by atoms with Crippen molar-refractivity contribution in [2.24, 2.45) is 0 Å². The SMILES string of the molecule is CNC1=CCC(C)(NC(=O)COc2ccc3c(c2)OC(F)(F)O3)C1.O=Cc1ccc(C(=O)O)cc1. The third-order valence-corrected chi connectivity index (χ3v) is 5.18. The lowest BCUT2D eigenvalue weighted by atomic mass is 9.99. The molecular weight excluding hydrogens is 466 g/mol. The highest BCUT2D eigenvalue weighted by Gasteiger charge is 2.43. The Balaban J connectivity index is 0.000000261. The van der Waals surface area contributed by atoms with E-state index in [-0.39, 0.29) is 40.9 Å². The second-order valence-electron chi connectivity index (χ2n) is 8.08. The van der Waals surface area contributed by atoms with Crippen LogP contribution in [0.5, 0.6) is 17.2 Å². The highest BCUT2D eigenvalue weighted by molar-refractivity contribution is 5.88. The van der Waals surface area contributed by atoms with Crippen LogP contribution in [0, 0.1) is 0 Å². The Kier molecular flexibility index (Phi) is 7.58. The van der Waals surface area contributed by atoms with Crippen LogP contribution in [-0.2, 0) is 4.79 Å². The van der Waals surface area contributed by atoms with Crippen molar-refractivity contribution in [1.82, 2.24) is 10.6 Å². The monoisotopic (exact) mass is 490 g/mol. The van der Waals surface area contributed by atoms with Gasteiger partial charge in [-0.2, -0.15) is 0 Å². The number of benzene rings is 2. The molecule has 0 aromatic heterocycles. The number of aldehydes is 1. The van der Waals surface area contributed by atoms with Gasteiger partial charge in [0.1, 0.15) is 12.0 Å². The molecule has 2 aliphatic rings. The fourth-order valence-electron chi connectivity index (χ4n) is 3.44. The Bertz CT molecular complexity index is 1140. The molecule has 4 rings (SSSR count). The molecule has 0 saturated heterocycles. The van der Waals surface area contributed by atoms with Crippen LogP contribution in [0.25, 0.3) is 0 Å². The van der Waals surface area contributed by atoms with E-state index in [4.69, 9.17) is 9.84 Å². The number of carboxylic acids is 1. The summed E-state index contributed by atoms with van der Waals surface area (Å²) in [4.78, 5) is 32.5. The Morgan fingerprint density at radius 1 is 1.14 bits per heavy atom. The normalized spacial score (nSPS) is 19.0. The first-order valence-corrected chi connectivity index (χ1v) is 10.5. The minimum Gasteiger partial charge on any atom is -0.484 e. The molecular formula is C24H24F2N2O7. The van der Waals surface area contributed by atoms with E-state index in [0.717, 1.165) is 12.1 Å². The van der Waals surface area contributed by atoms with Crippen LogP contribution < -0.4 is 24.8 Å². The number of nitrogens with one attached hydrogen (secondary N) is 2. The Labute approximate surface area is 199 Å². The van der Waals surface area contributed by atoms with Crippen molar-refractivity contribution in [3.05, 3.63) is 65.4 Å². The van der Waals surface area contributed by atoms with Gasteiger partial charge in [0.15, 0.2) is 18.1 Å². The second-order valence-corrected chi connectivity index (χ2v) is 8.08. The molecule has 1 atom stereocenters. The molecule has 1 unspecified atom stereocenters. The molecule has 0 spiro atoms. The van der Waals surface area contributed by atoms with E-state index < -0.39 is 12.3 Å². The summed E-state index contributed by atoms with van der Waals surface area (Å²) >= 11 is 0. The highest BCUT2D eigenvalue weighted by atomic mass is 19.3. The first kappa shape index (κ1) is 25.5. The number of halogens is 2. The quantitative estimate of drug-likeness (QED) is 0.505. The van der Waals surface area contributed by atoms with Crippen molar-refractivity contribution in [1.29, 1.82) is 0 Å². The van der Waals surface area contributed by atoms with E-state index in [2.05, 4.69) is 20.1 Å². The molecule has 3 N–H and O–H groups in total. The van der Waals surface area contributed by atoms with Crippen LogP contribution in [0.15, 0.2) is 54.2 Å². The van der Waals surface area contributed by atoms with Gasteiger partial charge in [-0.1, -0.05) is 18.2 Å². The molecule has 0 fully saturated rings. The molecule has 2 aromatic rings. The third kappa shape index (κ3) is 6.92. The largest absolute Gasteiger partial charge is 0.586 e. The van der Waals surface area contributed by atoms with Crippen molar-refractivity contribution in [2.45, 2.75) is 31.6 Å². The summed E-state index contributed by atoms with van der Waals surface area (Å²) in [7, 11) is 1.84. The average molecular weight is 490 g/mol. The predicted octanol–water partition coefficient (Wildman–Crippen LogP) is 3.36. The number of hydrogen-bond acceptors (Lipinski definition) is 7. The van der Waals surface area contributed by atoms with Crippen LogP contribution in [-0.4, -0.2) is 48.8 Å². The van der Waals surface area contributed by atoms with Gasteiger partial charge >= 0.3 is 12.3 Å². The standard InChI is InChI=1S/C16H18F2N2O4.C8H6O3/c1-15(6-5-10(8-15)19-2)20-14(21)9-22-11-3-4-12-13(7-11)24-16(17,18)23-12;9-5-6-1-3-7(4-2-6)8(10)11/h3-5,7,19H,6,8-9H2,1-2H3,(H,20,21);1-5H,(H,10,11). The molecule has 1 aliphatic heterocycles. The maximum Gasteiger partial charge on any atom is 0.586 e. The molecule has 186 valence electrons. The van der Waals surface area contributed by atoms with Crippen LogP contribution in [0.2, 0.25) is 0 Å². The molecule has 1 aliphatic carbocycles. The van der Waals surface area contributed by atoms with Crippen molar-refractivity contribution in [2.75, 3.05) is 13.7 Å². The fraction of sp³-hybridized carbons (Fsp3) is 0.292. The van der Waals surface area contributed by atoms with Crippen LogP contribution >= 0.6 is 0 Å². The molecule has 0 saturated carbocycles. The maximum absolute atomic E-state index is 13.0.